The molecule has 150 valence electrons. The third-order valence-electron chi connectivity index (χ3n) is 7.18. The molecule has 1 heterocycles. The normalized spacial score (nSPS) is 30.3. The van der Waals surface area contributed by atoms with Crippen molar-refractivity contribution < 1.29 is 4.79 Å². The van der Waals surface area contributed by atoms with Gasteiger partial charge in [0.25, 0.3) is 0 Å². The molecule has 0 bridgehead atoms. The molecule has 4 nitrogen and oxygen atoms in total. The molecule has 3 fully saturated rings. The number of hydrogen-bond donors (Lipinski definition) is 1. The zero-order valence-corrected chi connectivity index (χ0v) is 17.4. The van der Waals surface area contributed by atoms with Crippen LogP contribution in [0.25, 0.3) is 0 Å². The predicted octanol–water partition coefficient (Wildman–Crippen LogP) is 3.66. The fourth-order valence-corrected chi connectivity index (χ4v) is 5.31. The highest BCUT2D eigenvalue weighted by Crippen LogP contribution is 2.37. The van der Waals surface area contributed by atoms with Gasteiger partial charge in [0, 0.05) is 38.3 Å². The van der Waals surface area contributed by atoms with Gasteiger partial charge in [-0.3, -0.25) is 14.6 Å². The van der Waals surface area contributed by atoms with Crippen LogP contribution in [-0.2, 0) is 4.79 Å². The van der Waals surface area contributed by atoms with Crippen molar-refractivity contribution in [2.24, 2.45) is 11.3 Å². The van der Waals surface area contributed by atoms with Crippen molar-refractivity contribution in [2.75, 3.05) is 32.7 Å². The predicted molar refractivity (Wildman–Crippen MR) is 108 cm³/mol. The summed E-state index contributed by atoms with van der Waals surface area (Å²) in [5.41, 5.74) is 0.410. The second-order valence-corrected chi connectivity index (χ2v) is 10.1. The van der Waals surface area contributed by atoms with E-state index in [4.69, 9.17) is 0 Å². The second kappa shape index (κ2) is 9.05. The Morgan fingerprint density at radius 1 is 0.885 bits per heavy atom. The van der Waals surface area contributed by atoms with Gasteiger partial charge >= 0.3 is 0 Å². The van der Waals surface area contributed by atoms with E-state index in [0.29, 0.717) is 18.0 Å². The molecule has 3 rings (SSSR count). The van der Waals surface area contributed by atoms with Gasteiger partial charge in [0.05, 0.1) is 6.54 Å². The average molecular weight is 364 g/mol. The van der Waals surface area contributed by atoms with Crippen LogP contribution >= 0.6 is 0 Å². The number of piperazine rings is 1. The highest BCUT2D eigenvalue weighted by molar-refractivity contribution is 5.78. The molecule has 0 aromatic carbocycles. The minimum Gasteiger partial charge on any atom is -0.352 e. The highest BCUT2D eigenvalue weighted by atomic mass is 16.2. The maximum atomic E-state index is 12.5. The molecule has 4 heteroatoms. The summed E-state index contributed by atoms with van der Waals surface area (Å²) >= 11 is 0. The van der Waals surface area contributed by atoms with E-state index in [2.05, 4.69) is 35.9 Å². The van der Waals surface area contributed by atoms with Crippen LogP contribution in [0.3, 0.4) is 0 Å². The molecule has 3 aliphatic rings. The molecule has 1 aliphatic heterocycles. The van der Waals surface area contributed by atoms with Crippen molar-refractivity contribution in [1.29, 1.82) is 0 Å². The smallest absolute Gasteiger partial charge is 0.234 e. The fraction of sp³-hybridized carbons (Fsp3) is 0.955. The van der Waals surface area contributed by atoms with Crippen LogP contribution in [0, 0.1) is 11.3 Å². The Hall–Kier alpha value is -0.610. The molecule has 1 N–H and O–H groups in total. The number of hydrogen-bond acceptors (Lipinski definition) is 3. The van der Waals surface area contributed by atoms with Crippen LogP contribution < -0.4 is 5.32 Å². The fourth-order valence-electron chi connectivity index (χ4n) is 5.31. The minimum absolute atomic E-state index is 0.246. The Balaban J connectivity index is 1.33. The summed E-state index contributed by atoms with van der Waals surface area (Å²) in [4.78, 5) is 17.5. The van der Waals surface area contributed by atoms with Crippen molar-refractivity contribution in [3.63, 3.8) is 0 Å². The Morgan fingerprint density at radius 3 is 2.08 bits per heavy atom. The van der Waals surface area contributed by atoms with Crippen molar-refractivity contribution in [2.45, 2.75) is 90.6 Å². The third kappa shape index (κ3) is 5.69. The molecular weight excluding hydrogens is 322 g/mol. The van der Waals surface area contributed by atoms with E-state index in [1.54, 1.807) is 0 Å². The first-order valence-electron chi connectivity index (χ1n) is 11.2. The summed E-state index contributed by atoms with van der Waals surface area (Å²) in [7, 11) is 0. The largest absolute Gasteiger partial charge is 0.352 e. The monoisotopic (exact) mass is 363 g/mol. The van der Waals surface area contributed by atoms with E-state index in [-0.39, 0.29) is 5.91 Å². The maximum Gasteiger partial charge on any atom is 0.234 e. The molecule has 0 atom stereocenters. The van der Waals surface area contributed by atoms with Crippen molar-refractivity contribution in [3.8, 4) is 0 Å². The lowest BCUT2D eigenvalue weighted by Gasteiger charge is -2.41. The number of carbonyl (C=O) groups excluding carboxylic acids is 1. The molecule has 0 aromatic rings. The molecule has 0 unspecified atom stereocenters. The van der Waals surface area contributed by atoms with Crippen LogP contribution in [0.4, 0.5) is 0 Å². The molecule has 0 spiro atoms. The molecule has 1 saturated heterocycles. The Bertz CT molecular complexity index is 437. The summed E-state index contributed by atoms with van der Waals surface area (Å²) in [6.45, 7) is 12.1. The Labute approximate surface area is 161 Å². The lowest BCUT2D eigenvalue weighted by molar-refractivity contribution is -0.123. The van der Waals surface area contributed by atoms with Gasteiger partial charge in [0.2, 0.25) is 5.91 Å². The van der Waals surface area contributed by atoms with E-state index in [1.807, 2.05) is 0 Å². The number of rotatable bonds is 4. The molecule has 0 aromatic heterocycles. The summed E-state index contributed by atoms with van der Waals surface area (Å²) in [6, 6.07) is 1.22. The van der Waals surface area contributed by atoms with Gasteiger partial charge in [-0.1, -0.05) is 40.0 Å². The molecule has 0 radical (unpaired) electrons. The average Bonchev–Trinajstić information content (AvgIpc) is 2.63. The van der Waals surface area contributed by atoms with Crippen molar-refractivity contribution in [3.05, 3.63) is 0 Å². The van der Waals surface area contributed by atoms with Gasteiger partial charge < -0.3 is 5.32 Å². The van der Waals surface area contributed by atoms with Gasteiger partial charge in [-0.25, -0.2) is 0 Å². The summed E-state index contributed by atoms with van der Waals surface area (Å²) in [5, 5.41) is 3.32. The van der Waals surface area contributed by atoms with Crippen LogP contribution in [0.1, 0.15) is 78.6 Å². The van der Waals surface area contributed by atoms with E-state index in [1.165, 1.54) is 44.9 Å². The van der Waals surface area contributed by atoms with Crippen LogP contribution in [-0.4, -0.2) is 60.5 Å². The maximum absolute atomic E-state index is 12.5. The van der Waals surface area contributed by atoms with E-state index >= 15 is 0 Å². The van der Waals surface area contributed by atoms with Gasteiger partial charge in [-0.2, -0.15) is 0 Å². The number of carbonyl (C=O) groups is 1. The van der Waals surface area contributed by atoms with E-state index in [9.17, 15) is 4.79 Å². The standard InChI is InChI=1S/C22H41N3O/c1-22(2,3)18-9-11-19(12-10-18)23-21(26)17-24-13-15-25(16-14-24)20-7-5-4-6-8-20/h18-20H,4-17H2,1-3H3,(H,23,26). The van der Waals surface area contributed by atoms with Gasteiger partial charge in [-0.15, -0.1) is 0 Å². The zero-order chi connectivity index (χ0) is 18.6. The second-order valence-electron chi connectivity index (χ2n) is 10.1. The van der Waals surface area contributed by atoms with E-state index < -0.39 is 0 Å². The topological polar surface area (TPSA) is 35.6 Å². The number of nitrogens with one attached hydrogen (secondary N) is 1. The molecular formula is C22H41N3O. The summed E-state index contributed by atoms with van der Waals surface area (Å²) < 4.78 is 0. The lowest BCUT2D eigenvalue weighted by atomic mass is 9.71. The van der Waals surface area contributed by atoms with Gasteiger partial charge in [-0.05, 0) is 49.9 Å². The first-order chi connectivity index (χ1) is 12.4. The third-order valence-corrected chi connectivity index (χ3v) is 7.18. The quantitative estimate of drug-likeness (QED) is 0.828. The lowest BCUT2D eigenvalue weighted by Crippen LogP contribution is -2.53. The molecule has 2 aliphatic carbocycles. The van der Waals surface area contributed by atoms with Crippen LogP contribution in [0.15, 0.2) is 0 Å². The highest BCUT2D eigenvalue weighted by Gasteiger charge is 2.31. The Kier molecular flexibility index (Phi) is 7.01. The first-order valence-corrected chi connectivity index (χ1v) is 11.2. The van der Waals surface area contributed by atoms with Crippen LogP contribution in [0.2, 0.25) is 0 Å². The SMILES string of the molecule is CC(C)(C)C1CCC(NC(=O)CN2CCN(C3CCCCC3)CC2)CC1. The summed E-state index contributed by atoms with van der Waals surface area (Å²) in [5.74, 6) is 1.05. The first kappa shape index (κ1) is 20.1. The van der Waals surface area contributed by atoms with Gasteiger partial charge in [0.15, 0.2) is 0 Å². The summed E-state index contributed by atoms with van der Waals surface area (Å²) in [6.07, 6.45) is 11.8. The molecule has 2 saturated carbocycles. The number of amides is 1. The molecule has 26 heavy (non-hydrogen) atoms. The zero-order valence-electron chi connectivity index (χ0n) is 17.4. The van der Waals surface area contributed by atoms with Crippen molar-refractivity contribution in [1.82, 2.24) is 15.1 Å². The van der Waals surface area contributed by atoms with Gasteiger partial charge in [0.1, 0.15) is 0 Å². The van der Waals surface area contributed by atoms with Crippen molar-refractivity contribution >= 4 is 5.91 Å². The number of nitrogens with zero attached hydrogens (tertiary/aromatic N) is 2. The van der Waals surface area contributed by atoms with Crippen LogP contribution in [0.5, 0.6) is 0 Å². The minimum atomic E-state index is 0.246. The Morgan fingerprint density at radius 2 is 1.50 bits per heavy atom. The van der Waals surface area contributed by atoms with E-state index in [0.717, 1.165) is 51.0 Å². The molecule has 1 amide bonds.